The smallest absolute Gasteiger partial charge is 0.249 e. The monoisotopic (exact) mass is 374 g/mol. The molecular formula is C20H30N4O3. The second-order valence-corrected chi connectivity index (χ2v) is 6.72. The number of carbonyl (C=O) groups is 1. The van der Waals surface area contributed by atoms with E-state index in [0.29, 0.717) is 24.7 Å². The molecule has 0 fully saturated rings. The van der Waals surface area contributed by atoms with Crippen LogP contribution in [0.15, 0.2) is 28.8 Å². The average Bonchev–Trinajstić information content (AvgIpc) is 3.19. The number of unbranched alkanes of at least 4 members (excludes halogenated alkanes) is 2. The molecule has 2 aromatic rings. The van der Waals surface area contributed by atoms with E-state index in [1.54, 1.807) is 7.11 Å². The highest BCUT2D eigenvalue weighted by Crippen LogP contribution is 2.27. The van der Waals surface area contributed by atoms with Gasteiger partial charge in [0.05, 0.1) is 7.11 Å². The largest absolute Gasteiger partial charge is 0.497 e. The van der Waals surface area contributed by atoms with Crippen molar-refractivity contribution in [1.29, 1.82) is 0 Å². The number of nitrogens with two attached hydrogens (primary N) is 1. The lowest BCUT2D eigenvalue weighted by molar-refractivity contribution is -0.122. The third kappa shape index (κ3) is 6.06. The van der Waals surface area contributed by atoms with Crippen LogP contribution in [0.4, 0.5) is 0 Å². The molecule has 0 saturated heterocycles. The Hall–Kier alpha value is -2.41. The zero-order valence-electron chi connectivity index (χ0n) is 16.4. The summed E-state index contributed by atoms with van der Waals surface area (Å²) in [6, 6.07) is 7.18. The summed E-state index contributed by atoms with van der Waals surface area (Å²) in [5, 5.41) is 7.14. The van der Waals surface area contributed by atoms with Crippen LogP contribution in [-0.2, 0) is 4.79 Å². The molecule has 27 heavy (non-hydrogen) atoms. The lowest BCUT2D eigenvalue weighted by Crippen LogP contribution is -2.32. The molecule has 7 heteroatoms. The van der Waals surface area contributed by atoms with Crippen LogP contribution in [0, 0.1) is 5.92 Å². The molecule has 1 amide bonds. The highest BCUT2D eigenvalue weighted by atomic mass is 16.5. The van der Waals surface area contributed by atoms with Gasteiger partial charge in [-0.25, -0.2) is 0 Å². The minimum Gasteiger partial charge on any atom is -0.497 e. The fraction of sp³-hybridized carbons (Fsp3) is 0.550. The van der Waals surface area contributed by atoms with Crippen LogP contribution in [0.1, 0.15) is 57.9 Å². The third-order valence-electron chi connectivity index (χ3n) is 4.67. The van der Waals surface area contributed by atoms with Crippen molar-refractivity contribution in [2.45, 2.75) is 52.0 Å². The van der Waals surface area contributed by atoms with Crippen molar-refractivity contribution in [3.05, 3.63) is 30.2 Å². The highest BCUT2D eigenvalue weighted by molar-refractivity contribution is 5.76. The van der Waals surface area contributed by atoms with Crippen molar-refractivity contribution < 1.29 is 14.1 Å². The number of rotatable bonds is 11. The van der Waals surface area contributed by atoms with Crippen LogP contribution in [-0.4, -0.2) is 29.7 Å². The van der Waals surface area contributed by atoms with E-state index >= 15 is 0 Å². The second kappa shape index (κ2) is 10.7. The van der Waals surface area contributed by atoms with Gasteiger partial charge < -0.3 is 20.3 Å². The van der Waals surface area contributed by atoms with Crippen LogP contribution in [0.25, 0.3) is 11.4 Å². The van der Waals surface area contributed by atoms with E-state index < -0.39 is 0 Å². The van der Waals surface area contributed by atoms with E-state index in [9.17, 15) is 4.79 Å². The molecule has 0 spiro atoms. The van der Waals surface area contributed by atoms with E-state index in [1.807, 2.05) is 24.3 Å². The molecule has 0 bridgehead atoms. The summed E-state index contributed by atoms with van der Waals surface area (Å²) in [5.41, 5.74) is 6.30. The first-order valence-electron chi connectivity index (χ1n) is 9.56. The normalized spacial score (nSPS) is 13.2. The first-order chi connectivity index (χ1) is 13.1. The Morgan fingerprint density at radius 2 is 2.15 bits per heavy atom. The van der Waals surface area contributed by atoms with Crippen molar-refractivity contribution in [2.75, 3.05) is 13.7 Å². The summed E-state index contributed by atoms with van der Waals surface area (Å²) >= 11 is 0. The van der Waals surface area contributed by atoms with Gasteiger partial charge in [0.15, 0.2) is 0 Å². The van der Waals surface area contributed by atoms with E-state index in [0.717, 1.165) is 37.0 Å². The molecule has 3 N–H and O–H groups in total. The number of nitrogens with one attached hydrogen (secondary N) is 1. The van der Waals surface area contributed by atoms with Gasteiger partial charge in [0.2, 0.25) is 17.6 Å². The van der Waals surface area contributed by atoms with Crippen molar-refractivity contribution in [3.8, 4) is 17.1 Å². The Balaban J connectivity index is 2.10. The first kappa shape index (κ1) is 20.9. The van der Waals surface area contributed by atoms with Crippen molar-refractivity contribution in [3.63, 3.8) is 0 Å². The number of hydrogen-bond donors (Lipinski definition) is 2. The average molecular weight is 374 g/mol. The minimum absolute atomic E-state index is 0.00143. The van der Waals surface area contributed by atoms with E-state index in [2.05, 4.69) is 29.3 Å². The lowest BCUT2D eigenvalue weighted by Gasteiger charge is -2.20. The molecule has 0 aliphatic heterocycles. The number of amides is 1. The molecule has 0 radical (unpaired) electrons. The number of aromatic nitrogens is 2. The molecule has 1 aromatic heterocycles. The van der Waals surface area contributed by atoms with Gasteiger partial charge in [0.1, 0.15) is 11.8 Å². The molecule has 0 saturated carbocycles. The Morgan fingerprint density at radius 3 is 2.85 bits per heavy atom. The number of benzene rings is 1. The van der Waals surface area contributed by atoms with E-state index in [1.165, 1.54) is 0 Å². The van der Waals surface area contributed by atoms with Gasteiger partial charge in [0.25, 0.3) is 0 Å². The van der Waals surface area contributed by atoms with Gasteiger partial charge in [-0.05, 0) is 37.4 Å². The fourth-order valence-electron chi connectivity index (χ4n) is 2.78. The zero-order chi connectivity index (χ0) is 19.6. The zero-order valence-corrected chi connectivity index (χ0v) is 16.4. The van der Waals surface area contributed by atoms with Gasteiger partial charge in [-0.2, -0.15) is 4.98 Å². The van der Waals surface area contributed by atoms with Crippen molar-refractivity contribution >= 4 is 5.91 Å². The van der Waals surface area contributed by atoms with Gasteiger partial charge >= 0.3 is 0 Å². The number of carbonyl (C=O) groups excluding carboxylic acids is 1. The number of nitrogens with zero attached hydrogens (tertiary/aromatic N) is 2. The summed E-state index contributed by atoms with van der Waals surface area (Å²) in [4.78, 5) is 16.8. The van der Waals surface area contributed by atoms with Gasteiger partial charge in [0, 0.05) is 12.0 Å². The Morgan fingerprint density at radius 1 is 1.33 bits per heavy atom. The van der Waals surface area contributed by atoms with Crippen LogP contribution in [0.3, 0.4) is 0 Å². The van der Waals surface area contributed by atoms with Crippen LogP contribution >= 0.6 is 0 Å². The lowest BCUT2D eigenvalue weighted by atomic mass is 9.98. The quantitative estimate of drug-likeness (QED) is 0.584. The van der Waals surface area contributed by atoms with Crippen LogP contribution in [0.2, 0.25) is 0 Å². The molecule has 148 valence electrons. The SMILES string of the molecule is CC[C@H](C)[C@H](NC(=O)CCCCCN)c1nc(-c2cccc(OC)c2)no1. The minimum atomic E-state index is -0.302. The summed E-state index contributed by atoms with van der Waals surface area (Å²) in [7, 11) is 1.61. The Bertz CT molecular complexity index is 717. The van der Waals surface area contributed by atoms with Crippen molar-refractivity contribution in [2.24, 2.45) is 11.7 Å². The van der Waals surface area contributed by atoms with Crippen LogP contribution in [0.5, 0.6) is 5.75 Å². The predicted molar refractivity (Wildman–Crippen MR) is 104 cm³/mol. The second-order valence-electron chi connectivity index (χ2n) is 6.72. The molecule has 2 rings (SSSR count). The maximum atomic E-state index is 12.3. The summed E-state index contributed by atoms with van der Waals surface area (Å²) in [5.74, 6) is 1.81. The van der Waals surface area contributed by atoms with Gasteiger partial charge in [-0.3, -0.25) is 4.79 Å². The van der Waals surface area contributed by atoms with E-state index in [4.69, 9.17) is 15.0 Å². The summed E-state index contributed by atoms with van der Waals surface area (Å²) in [6.45, 7) is 4.80. The summed E-state index contributed by atoms with van der Waals surface area (Å²) < 4.78 is 10.7. The number of ether oxygens (including phenoxy) is 1. The Kier molecular flexibility index (Phi) is 8.26. The molecule has 2 atom stereocenters. The molecule has 0 unspecified atom stereocenters. The predicted octanol–water partition coefficient (Wildman–Crippen LogP) is 3.47. The molecule has 1 aromatic carbocycles. The Labute approximate surface area is 160 Å². The molecule has 1 heterocycles. The van der Waals surface area contributed by atoms with Gasteiger partial charge in [-0.15, -0.1) is 0 Å². The van der Waals surface area contributed by atoms with Crippen LogP contribution < -0.4 is 15.8 Å². The van der Waals surface area contributed by atoms with Gasteiger partial charge in [-0.1, -0.05) is 44.0 Å². The maximum absolute atomic E-state index is 12.3. The standard InChI is InChI=1S/C20H30N4O3/c1-4-14(2)18(22-17(25)11-6-5-7-12-21)20-23-19(24-27-20)15-9-8-10-16(13-15)26-3/h8-10,13-14,18H,4-7,11-12,21H2,1-3H3,(H,22,25)/t14-,18-/m0/s1. The maximum Gasteiger partial charge on any atom is 0.249 e. The third-order valence-corrected chi connectivity index (χ3v) is 4.67. The number of methoxy groups -OCH3 is 1. The fourth-order valence-corrected chi connectivity index (χ4v) is 2.78. The first-order valence-corrected chi connectivity index (χ1v) is 9.56. The molecular weight excluding hydrogens is 344 g/mol. The molecule has 0 aliphatic carbocycles. The highest BCUT2D eigenvalue weighted by Gasteiger charge is 2.26. The summed E-state index contributed by atoms with van der Waals surface area (Å²) in [6.07, 6.45) is 4.09. The molecule has 0 aliphatic rings. The topological polar surface area (TPSA) is 103 Å². The number of hydrogen-bond acceptors (Lipinski definition) is 6. The molecule has 7 nitrogen and oxygen atoms in total. The van der Waals surface area contributed by atoms with E-state index in [-0.39, 0.29) is 17.9 Å². The van der Waals surface area contributed by atoms with Crippen molar-refractivity contribution in [1.82, 2.24) is 15.5 Å².